The molecule has 60 heavy (non-hydrogen) atoms. The smallest absolute Gasteiger partial charge is 0.231 e. The third kappa shape index (κ3) is 32.6. The Bertz CT molecular complexity index is 1260. The monoisotopic (exact) mass is 868 g/mol. The summed E-state index contributed by atoms with van der Waals surface area (Å²) in [7, 11) is 0. The van der Waals surface area contributed by atoms with Gasteiger partial charge in [-0.2, -0.15) is 0 Å². The van der Waals surface area contributed by atoms with Gasteiger partial charge >= 0.3 is 0 Å². The van der Waals surface area contributed by atoms with E-state index in [2.05, 4.69) is 75.1 Å². The largest absolute Gasteiger partial charge is 0.366 e. The van der Waals surface area contributed by atoms with E-state index in [4.69, 9.17) is 12.2 Å². The maximum atomic E-state index is 12.6. The summed E-state index contributed by atoms with van der Waals surface area (Å²) in [5, 5.41) is 15.7. The van der Waals surface area contributed by atoms with Gasteiger partial charge in [-0.15, -0.1) is 0 Å². The molecule has 0 saturated heterocycles. The average Bonchev–Trinajstić information content (AvgIpc) is 3.01. The van der Waals surface area contributed by atoms with Crippen LogP contribution in [-0.2, 0) is 24.0 Å². The van der Waals surface area contributed by atoms with Crippen molar-refractivity contribution in [3.8, 4) is 0 Å². The minimum atomic E-state index is -0.559. The Morgan fingerprint density at radius 3 is 1.12 bits per heavy atom. The molecule has 0 fully saturated rings. The Morgan fingerprint density at radius 1 is 0.450 bits per heavy atom. The first kappa shape index (κ1) is 62.2. The van der Waals surface area contributed by atoms with Crippen LogP contribution in [0, 0.1) is 51.8 Å². The van der Waals surface area contributed by atoms with E-state index < -0.39 is 11.3 Å². The van der Waals surface area contributed by atoms with E-state index in [1.807, 2.05) is 118 Å². The van der Waals surface area contributed by atoms with Crippen molar-refractivity contribution < 1.29 is 24.0 Å². The highest BCUT2D eigenvalue weighted by Crippen LogP contribution is 2.28. The molecule has 0 bridgehead atoms. The lowest BCUT2D eigenvalue weighted by Gasteiger charge is -2.28. The molecule has 11 heteroatoms. The fourth-order valence-electron chi connectivity index (χ4n) is 5.87. The van der Waals surface area contributed by atoms with Crippen LogP contribution in [0.3, 0.4) is 0 Å². The van der Waals surface area contributed by atoms with Crippen molar-refractivity contribution in [1.29, 1.82) is 0 Å². The van der Waals surface area contributed by atoms with E-state index in [9.17, 15) is 24.0 Å². The van der Waals surface area contributed by atoms with E-state index in [1.165, 1.54) is 0 Å². The van der Waals surface area contributed by atoms with E-state index in [-0.39, 0.29) is 68.3 Å². The first-order chi connectivity index (χ1) is 26.5. The second-order valence-corrected chi connectivity index (χ2v) is 24.6. The maximum absolute atomic E-state index is 12.6. The second kappa shape index (κ2) is 26.5. The molecule has 0 aliphatic carbocycles. The summed E-state index contributed by atoms with van der Waals surface area (Å²) in [5.41, 5.74) is -1.33. The highest BCUT2D eigenvalue weighted by Gasteiger charge is 2.36. The van der Waals surface area contributed by atoms with Crippen molar-refractivity contribution in [2.45, 2.75) is 208 Å². The molecule has 0 aliphatic rings. The van der Waals surface area contributed by atoms with Gasteiger partial charge < -0.3 is 16.0 Å². The lowest BCUT2D eigenvalue weighted by molar-refractivity contribution is -0.139. The normalized spacial score (nSPS) is 14.3. The van der Waals surface area contributed by atoms with Crippen molar-refractivity contribution in [2.75, 3.05) is 19.9 Å². The number of Topliss-reactive ketones (excluding diaryl/α,β-unsaturated/α-hetero) is 4. The predicted octanol–water partition coefficient (Wildman–Crippen LogP) is 9.86. The molecule has 0 rings (SSSR count). The Labute approximate surface area is 375 Å². The quantitative estimate of drug-likeness (QED) is 0.0483. The van der Waals surface area contributed by atoms with Gasteiger partial charge in [0.2, 0.25) is 5.91 Å². The molecule has 1 amide bonds. The van der Waals surface area contributed by atoms with Gasteiger partial charge in [-0.05, 0) is 99.3 Å². The van der Waals surface area contributed by atoms with E-state index >= 15 is 0 Å². The average molecular weight is 868 g/mol. The van der Waals surface area contributed by atoms with E-state index in [1.54, 1.807) is 0 Å². The standard InChI is InChI=1S/C17H33NO2.C16H32N2O2.C16H32N2OS/c1-12(2)9-13(15(20)16(3,4)5)10-14(19)11-18-17(6,7)8;2*1-11(2)9-12(13(19)15(3,4)5)14(20)17-10-18-16(6,7)8/h12-13,18H,9-11H2,1-8H3;2*11-12,18H,9-10H2,1-8H3,(H,17,20)/t13-;2*12-/m100/s1. The highest BCUT2D eigenvalue weighted by molar-refractivity contribution is 7.80. The SMILES string of the molecule is CC(C)C[C@@H](C(=O)C(C)(C)C)C(=S)NCNC(C)(C)C.CC(C)C[C@H](C(=O)NCNC(C)(C)C)C(=O)C(C)(C)C.CC(C)C[C@H](CC(=O)CNC(C)(C)C)C(=O)C(C)(C)C. The number of hydrogen-bond donors (Lipinski definition) is 5. The number of nitrogens with one attached hydrogen (secondary N) is 5. The summed E-state index contributed by atoms with van der Waals surface area (Å²) in [6, 6.07) is 0. The molecule has 0 heterocycles. The summed E-state index contributed by atoms with van der Waals surface area (Å²) >= 11 is 5.46. The number of thiocarbonyl (C=S) groups is 1. The van der Waals surface area contributed by atoms with Crippen LogP contribution in [0.15, 0.2) is 0 Å². The van der Waals surface area contributed by atoms with Gasteiger partial charge in [-0.25, -0.2) is 0 Å². The van der Waals surface area contributed by atoms with Gasteiger partial charge in [0, 0.05) is 45.2 Å². The van der Waals surface area contributed by atoms with Gasteiger partial charge in [0.25, 0.3) is 0 Å². The van der Waals surface area contributed by atoms with Crippen LogP contribution in [0.25, 0.3) is 0 Å². The Kier molecular flexibility index (Phi) is 27.5. The number of rotatable bonds is 19. The summed E-state index contributed by atoms with van der Waals surface area (Å²) < 4.78 is 0. The molecule has 10 nitrogen and oxygen atoms in total. The van der Waals surface area contributed by atoms with Gasteiger partial charge in [0.05, 0.1) is 36.7 Å². The van der Waals surface area contributed by atoms with E-state index in [0.717, 1.165) is 12.8 Å². The van der Waals surface area contributed by atoms with E-state index in [0.29, 0.717) is 55.5 Å². The Hall–Kier alpha value is -2.08. The van der Waals surface area contributed by atoms with Crippen LogP contribution >= 0.6 is 12.2 Å². The van der Waals surface area contributed by atoms with Crippen molar-refractivity contribution in [3.63, 3.8) is 0 Å². The van der Waals surface area contributed by atoms with Crippen molar-refractivity contribution >= 4 is 46.2 Å². The zero-order chi connectivity index (χ0) is 48.4. The molecule has 0 aliphatic heterocycles. The van der Waals surface area contributed by atoms with Crippen LogP contribution in [0.2, 0.25) is 0 Å². The summed E-state index contributed by atoms with van der Waals surface area (Å²) in [5.74, 6) is 0.685. The fourth-order valence-corrected chi connectivity index (χ4v) is 6.14. The molecular weight excluding hydrogens is 771 g/mol. The van der Waals surface area contributed by atoms with Gasteiger partial charge in [0.15, 0.2) is 5.78 Å². The van der Waals surface area contributed by atoms with Gasteiger partial charge in [0.1, 0.15) is 17.3 Å². The first-order valence-corrected chi connectivity index (χ1v) is 22.9. The summed E-state index contributed by atoms with van der Waals surface area (Å²) in [4.78, 5) is 62.5. The molecule has 0 aromatic carbocycles. The third-order valence-corrected chi connectivity index (χ3v) is 9.51. The minimum absolute atomic E-state index is 0.0134. The van der Waals surface area contributed by atoms with Gasteiger partial charge in [-0.1, -0.05) is 116 Å². The number of amides is 1. The van der Waals surface area contributed by atoms with Crippen LogP contribution in [0.1, 0.15) is 192 Å². The zero-order valence-electron chi connectivity index (χ0n) is 43.4. The van der Waals surface area contributed by atoms with Crippen LogP contribution < -0.4 is 26.6 Å². The van der Waals surface area contributed by atoms with Crippen LogP contribution in [0.4, 0.5) is 0 Å². The number of carbonyl (C=O) groups excluding carboxylic acids is 5. The molecular formula is C49H97N5O5S. The molecule has 0 radical (unpaired) electrons. The number of hydrogen-bond acceptors (Lipinski definition) is 9. The first-order valence-electron chi connectivity index (χ1n) is 22.5. The molecule has 0 aromatic heterocycles. The van der Waals surface area contributed by atoms with Crippen LogP contribution in [0.5, 0.6) is 0 Å². The number of carbonyl (C=O) groups is 5. The van der Waals surface area contributed by atoms with Crippen LogP contribution in [-0.4, -0.2) is 70.5 Å². The zero-order valence-corrected chi connectivity index (χ0v) is 44.2. The summed E-state index contributed by atoms with van der Waals surface area (Å²) in [6.07, 6.45) is 2.55. The van der Waals surface area contributed by atoms with Gasteiger partial charge in [-0.3, -0.25) is 34.6 Å². The lowest BCUT2D eigenvalue weighted by atomic mass is 9.77. The van der Waals surface area contributed by atoms with Crippen molar-refractivity contribution in [2.24, 2.45) is 51.8 Å². The molecule has 0 saturated carbocycles. The van der Waals surface area contributed by atoms with Crippen molar-refractivity contribution in [3.05, 3.63) is 0 Å². The lowest BCUT2D eigenvalue weighted by Crippen LogP contribution is -2.47. The molecule has 0 unspecified atom stereocenters. The molecule has 0 aromatic rings. The second-order valence-electron chi connectivity index (χ2n) is 24.2. The molecule has 0 spiro atoms. The highest BCUT2D eigenvalue weighted by atomic mass is 32.1. The fraction of sp³-hybridized carbons (Fsp3) is 0.878. The third-order valence-electron chi connectivity index (χ3n) is 9.08. The predicted molar refractivity (Wildman–Crippen MR) is 259 cm³/mol. The molecule has 5 N–H and O–H groups in total. The topological polar surface area (TPSA) is 146 Å². The number of ketones is 4. The summed E-state index contributed by atoms with van der Waals surface area (Å²) in [6.45, 7) is 49.6. The maximum Gasteiger partial charge on any atom is 0.231 e. The minimum Gasteiger partial charge on any atom is -0.366 e. The Morgan fingerprint density at radius 2 is 0.783 bits per heavy atom. The Balaban J connectivity index is -0.000000812. The molecule has 3 atom stereocenters. The molecule has 354 valence electrons. The van der Waals surface area contributed by atoms with Crippen molar-refractivity contribution in [1.82, 2.24) is 26.6 Å².